The first kappa shape index (κ1) is 15.2. The lowest BCUT2D eigenvalue weighted by atomic mass is 10.1. The Hall–Kier alpha value is -2.22. The van der Waals surface area contributed by atoms with Crippen molar-refractivity contribution < 1.29 is 24.3 Å². The molecule has 0 aromatic heterocycles. The first-order chi connectivity index (χ1) is 9.93. The van der Waals surface area contributed by atoms with Gasteiger partial charge in [0.25, 0.3) is 0 Å². The van der Waals surface area contributed by atoms with Gasteiger partial charge >= 0.3 is 5.97 Å². The number of nitrogens with zero attached hydrogens (tertiary/aromatic N) is 1. The number of hydrogen-bond donors (Lipinski definition) is 2. The quantitative estimate of drug-likeness (QED) is 0.471. The van der Waals surface area contributed by atoms with Gasteiger partial charge in [0.15, 0.2) is 5.78 Å². The van der Waals surface area contributed by atoms with E-state index in [-0.39, 0.29) is 40.8 Å². The normalized spacial score (nSPS) is 14.4. The molecule has 0 aliphatic carbocycles. The molecule has 0 saturated carbocycles. The lowest BCUT2D eigenvalue weighted by Gasteiger charge is -2.18. The van der Waals surface area contributed by atoms with Crippen LogP contribution in [0, 0.1) is 0 Å². The highest BCUT2D eigenvalue weighted by molar-refractivity contribution is 9.09. The van der Waals surface area contributed by atoms with E-state index in [1.807, 2.05) is 0 Å². The monoisotopic (exact) mass is 354 g/mol. The van der Waals surface area contributed by atoms with Gasteiger partial charge in [-0.25, -0.2) is 4.79 Å². The number of amides is 2. The summed E-state index contributed by atoms with van der Waals surface area (Å²) in [5.74, 6) is -2.34. The zero-order chi connectivity index (χ0) is 15.6. The van der Waals surface area contributed by atoms with Crippen molar-refractivity contribution in [3.8, 4) is 0 Å². The number of rotatable bonds is 5. The van der Waals surface area contributed by atoms with E-state index in [2.05, 4.69) is 21.4 Å². The molecule has 2 N–H and O–H groups in total. The van der Waals surface area contributed by atoms with Crippen molar-refractivity contribution in [1.29, 1.82) is 0 Å². The summed E-state index contributed by atoms with van der Waals surface area (Å²) in [6, 6.07) is 3.95. The van der Waals surface area contributed by atoms with Gasteiger partial charge in [0.1, 0.15) is 0 Å². The molecule has 1 saturated heterocycles. The van der Waals surface area contributed by atoms with Gasteiger partial charge in [-0.2, -0.15) is 5.01 Å². The van der Waals surface area contributed by atoms with E-state index < -0.39 is 17.8 Å². The smallest absolute Gasteiger partial charge is 0.337 e. The molecule has 1 fully saturated rings. The molecule has 7 nitrogen and oxygen atoms in total. The van der Waals surface area contributed by atoms with Gasteiger partial charge in [-0.1, -0.05) is 22.0 Å². The maximum absolute atomic E-state index is 11.6. The van der Waals surface area contributed by atoms with Gasteiger partial charge in [-0.15, -0.1) is 0 Å². The molecular weight excluding hydrogens is 344 g/mol. The Morgan fingerprint density at radius 3 is 2.38 bits per heavy atom. The maximum Gasteiger partial charge on any atom is 0.337 e. The number of ketones is 1. The summed E-state index contributed by atoms with van der Waals surface area (Å²) in [5.41, 5.74) is 2.67. The molecule has 1 aromatic rings. The molecule has 21 heavy (non-hydrogen) atoms. The zero-order valence-electron chi connectivity index (χ0n) is 10.8. The molecule has 2 rings (SSSR count). The van der Waals surface area contributed by atoms with Gasteiger partial charge in [-0.05, 0) is 12.1 Å². The van der Waals surface area contributed by atoms with Gasteiger partial charge in [0.05, 0.1) is 16.6 Å². The molecule has 1 aromatic carbocycles. The first-order valence-electron chi connectivity index (χ1n) is 6.03. The summed E-state index contributed by atoms with van der Waals surface area (Å²) >= 11 is 3.03. The maximum atomic E-state index is 11.6. The van der Waals surface area contributed by atoms with E-state index in [1.165, 1.54) is 18.2 Å². The van der Waals surface area contributed by atoms with E-state index in [9.17, 15) is 19.2 Å². The number of anilines is 1. The number of hydrogen-bond acceptors (Lipinski definition) is 5. The zero-order valence-corrected chi connectivity index (χ0v) is 12.3. The number of carboxylic acids is 1. The molecule has 0 spiro atoms. The summed E-state index contributed by atoms with van der Waals surface area (Å²) in [6.07, 6.45) is 0.155. The third-order valence-electron chi connectivity index (χ3n) is 2.98. The Morgan fingerprint density at radius 2 is 1.86 bits per heavy atom. The van der Waals surface area contributed by atoms with Crippen molar-refractivity contribution in [2.24, 2.45) is 0 Å². The van der Waals surface area contributed by atoms with Crippen molar-refractivity contribution in [2.45, 2.75) is 12.8 Å². The van der Waals surface area contributed by atoms with Crippen molar-refractivity contribution in [2.75, 3.05) is 10.8 Å². The third kappa shape index (κ3) is 3.10. The van der Waals surface area contributed by atoms with Crippen LogP contribution < -0.4 is 5.43 Å². The van der Waals surface area contributed by atoms with E-state index in [0.717, 1.165) is 5.01 Å². The van der Waals surface area contributed by atoms with Crippen LogP contribution in [0.25, 0.3) is 0 Å². The Balaban J connectivity index is 2.39. The largest absolute Gasteiger partial charge is 0.478 e. The van der Waals surface area contributed by atoms with Gasteiger partial charge < -0.3 is 5.11 Å². The van der Waals surface area contributed by atoms with Gasteiger partial charge in [0, 0.05) is 18.4 Å². The molecule has 0 bridgehead atoms. The number of alkyl halides is 1. The second kappa shape index (κ2) is 6.04. The lowest BCUT2D eigenvalue weighted by molar-refractivity contribution is -0.136. The summed E-state index contributed by atoms with van der Waals surface area (Å²) in [4.78, 5) is 46.0. The molecule has 2 amide bonds. The molecule has 1 aliphatic rings. The SMILES string of the molecule is O=C(CBr)c1ccc(C(=O)O)c(NN2C(=O)CCC2=O)c1. The average molecular weight is 355 g/mol. The van der Waals surface area contributed by atoms with Crippen LogP contribution in [0.4, 0.5) is 5.69 Å². The summed E-state index contributed by atoms with van der Waals surface area (Å²) in [5, 5.41) is 10.0. The fraction of sp³-hybridized carbons (Fsp3) is 0.231. The third-order valence-corrected chi connectivity index (χ3v) is 3.49. The minimum atomic E-state index is -1.23. The van der Waals surface area contributed by atoms with Crippen molar-refractivity contribution in [3.05, 3.63) is 29.3 Å². The number of aromatic carboxylic acids is 1. The summed E-state index contributed by atoms with van der Waals surface area (Å²) < 4.78 is 0. The highest BCUT2D eigenvalue weighted by Crippen LogP contribution is 2.22. The molecule has 0 atom stereocenters. The average Bonchev–Trinajstić information content (AvgIpc) is 2.78. The fourth-order valence-corrected chi connectivity index (χ4v) is 2.22. The molecule has 0 radical (unpaired) electrons. The van der Waals surface area contributed by atoms with E-state index in [4.69, 9.17) is 5.11 Å². The molecule has 8 heteroatoms. The van der Waals surface area contributed by atoms with Crippen LogP contribution in [0.2, 0.25) is 0 Å². The Labute approximate surface area is 128 Å². The number of imide groups is 1. The summed E-state index contributed by atoms with van der Waals surface area (Å²) in [7, 11) is 0. The number of carbonyl (C=O) groups is 4. The lowest BCUT2D eigenvalue weighted by Crippen LogP contribution is -2.35. The second-order valence-electron chi connectivity index (χ2n) is 4.36. The molecular formula is C13H11BrN2O5. The minimum Gasteiger partial charge on any atom is -0.478 e. The number of hydrazine groups is 1. The summed E-state index contributed by atoms with van der Waals surface area (Å²) in [6.45, 7) is 0. The molecule has 0 unspecified atom stereocenters. The number of benzene rings is 1. The predicted molar refractivity (Wildman–Crippen MR) is 76.2 cm³/mol. The van der Waals surface area contributed by atoms with Gasteiger partial charge in [-0.3, -0.25) is 19.8 Å². The topological polar surface area (TPSA) is 104 Å². The highest BCUT2D eigenvalue weighted by atomic mass is 79.9. The highest BCUT2D eigenvalue weighted by Gasteiger charge is 2.30. The minimum absolute atomic E-state index is 0.0258. The number of carboxylic acid groups (broad SMARTS) is 1. The van der Waals surface area contributed by atoms with Crippen LogP contribution in [-0.4, -0.2) is 39.0 Å². The molecule has 110 valence electrons. The van der Waals surface area contributed by atoms with Crippen LogP contribution in [0.1, 0.15) is 33.6 Å². The van der Waals surface area contributed by atoms with E-state index >= 15 is 0 Å². The number of carbonyl (C=O) groups excluding carboxylic acids is 3. The van der Waals surface area contributed by atoms with Crippen LogP contribution in [0.5, 0.6) is 0 Å². The molecule has 1 heterocycles. The van der Waals surface area contributed by atoms with E-state index in [0.29, 0.717) is 0 Å². The van der Waals surface area contributed by atoms with Crippen molar-refractivity contribution in [1.82, 2.24) is 5.01 Å². The fourth-order valence-electron chi connectivity index (χ4n) is 1.90. The van der Waals surface area contributed by atoms with E-state index in [1.54, 1.807) is 0 Å². The van der Waals surface area contributed by atoms with Gasteiger partial charge in [0.2, 0.25) is 11.8 Å². The Kier molecular flexibility index (Phi) is 4.37. The standard InChI is InChI=1S/C13H11BrN2O5/c14-6-10(17)7-1-2-8(13(20)21)9(5-7)15-16-11(18)3-4-12(16)19/h1-2,5,15H,3-4,6H2,(H,20,21). The van der Waals surface area contributed by atoms with Crippen molar-refractivity contribution in [3.63, 3.8) is 0 Å². The van der Waals surface area contributed by atoms with Crippen LogP contribution in [-0.2, 0) is 9.59 Å². The van der Waals surface area contributed by atoms with Crippen LogP contribution in [0.3, 0.4) is 0 Å². The number of halogens is 1. The number of nitrogens with one attached hydrogen (secondary N) is 1. The van der Waals surface area contributed by atoms with Crippen LogP contribution >= 0.6 is 15.9 Å². The van der Waals surface area contributed by atoms with Crippen LogP contribution in [0.15, 0.2) is 18.2 Å². The molecule has 1 aliphatic heterocycles. The number of Topliss-reactive ketones (excluding diaryl/α,β-unsaturated/α-hetero) is 1. The first-order valence-corrected chi connectivity index (χ1v) is 7.15. The second-order valence-corrected chi connectivity index (χ2v) is 4.92. The van der Waals surface area contributed by atoms with Crippen molar-refractivity contribution >= 4 is 45.2 Å². The Bertz CT molecular complexity index is 627. The predicted octanol–water partition coefficient (Wildman–Crippen LogP) is 1.44. The Morgan fingerprint density at radius 1 is 1.24 bits per heavy atom.